The van der Waals surface area contributed by atoms with Gasteiger partial charge >= 0.3 is 0 Å². The highest BCUT2D eigenvalue weighted by atomic mass is 35.5. The summed E-state index contributed by atoms with van der Waals surface area (Å²) in [6.07, 6.45) is 1.85. The lowest BCUT2D eigenvalue weighted by atomic mass is 10.0. The summed E-state index contributed by atoms with van der Waals surface area (Å²) >= 11 is 5.98. The van der Waals surface area contributed by atoms with Crippen LogP contribution in [0.3, 0.4) is 0 Å². The van der Waals surface area contributed by atoms with Crippen LogP contribution >= 0.6 is 11.6 Å². The van der Waals surface area contributed by atoms with Gasteiger partial charge in [-0.3, -0.25) is 5.10 Å². The molecule has 1 atom stereocenters. The largest absolute Gasteiger partial charge is 0.493 e. The van der Waals surface area contributed by atoms with Crippen molar-refractivity contribution in [2.24, 2.45) is 0 Å². The fourth-order valence-corrected chi connectivity index (χ4v) is 3.80. The summed E-state index contributed by atoms with van der Waals surface area (Å²) in [4.78, 5) is 11.3. The predicted molar refractivity (Wildman–Crippen MR) is 110 cm³/mol. The van der Waals surface area contributed by atoms with Gasteiger partial charge in [0.05, 0.1) is 12.3 Å². The number of H-pyrrole nitrogens is 1. The first kappa shape index (κ1) is 18.7. The van der Waals surface area contributed by atoms with Gasteiger partial charge in [0.1, 0.15) is 17.4 Å². The fourth-order valence-electron chi connectivity index (χ4n) is 3.62. The van der Waals surface area contributed by atoms with Gasteiger partial charge in [0.25, 0.3) is 0 Å². The molecular formula is C21H24ClN5O. The van der Waals surface area contributed by atoms with Gasteiger partial charge in [-0.25, -0.2) is 9.97 Å². The molecule has 2 aromatic heterocycles. The molecule has 1 aromatic carbocycles. The van der Waals surface area contributed by atoms with Crippen molar-refractivity contribution in [3.8, 4) is 5.75 Å². The normalized spacial score (nSPS) is 16.5. The van der Waals surface area contributed by atoms with E-state index < -0.39 is 0 Å². The minimum absolute atomic E-state index is 0.412. The van der Waals surface area contributed by atoms with E-state index in [1.54, 1.807) is 0 Å². The zero-order valence-electron chi connectivity index (χ0n) is 16.2. The van der Waals surface area contributed by atoms with Crippen LogP contribution in [0.2, 0.25) is 5.02 Å². The van der Waals surface area contributed by atoms with Crippen molar-refractivity contribution in [3.63, 3.8) is 0 Å². The highest BCUT2D eigenvalue weighted by Gasteiger charge is 2.27. The third-order valence-electron chi connectivity index (χ3n) is 4.97. The molecule has 0 spiro atoms. The Morgan fingerprint density at radius 1 is 1.21 bits per heavy atom. The molecule has 1 saturated heterocycles. The van der Waals surface area contributed by atoms with Gasteiger partial charge in [0, 0.05) is 47.9 Å². The molecule has 0 bridgehead atoms. The first-order valence-electron chi connectivity index (χ1n) is 9.56. The number of rotatable bonds is 6. The minimum Gasteiger partial charge on any atom is -0.493 e. The number of aromatic nitrogens is 4. The van der Waals surface area contributed by atoms with E-state index in [4.69, 9.17) is 16.3 Å². The molecule has 1 aliphatic heterocycles. The number of aromatic amines is 1. The van der Waals surface area contributed by atoms with E-state index in [2.05, 4.69) is 37.2 Å². The number of hydrogen-bond donors (Lipinski definition) is 1. The molecule has 146 valence electrons. The molecule has 0 radical (unpaired) electrons. The Balaban J connectivity index is 1.33. The number of aryl methyl sites for hydroxylation is 2. The fraction of sp³-hybridized carbons (Fsp3) is 0.381. The van der Waals surface area contributed by atoms with Crippen molar-refractivity contribution < 1.29 is 4.74 Å². The van der Waals surface area contributed by atoms with Gasteiger partial charge in [-0.15, -0.1) is 0 Å². The van der Waals surface area contributed by atoms with Crippen molar-refractivity contribution in [2.45, 2.75) is 32.6 Å². The van der Waals surface area contributed by atoms with Crippen LogP contribution in [-0.4, -0.2) is 39.9 Å². The molecule has 0 aliphatic carbocycles. The van der Waals surface area contributed by atoms with Gasteiger partial charge in [-0.1, -0.05) is 17.7 Å². The standard InChI is InChI=1S/C21H24ClN5O/c1-14-10-21(24-15(2)23-14)27-8-6-16(13-27)20-12-18(25-26-20)7-9-28-19-5-3-4-17(22)11-19/h3-5,10-12,16H,6-9,13H2,1-2H3,(H,25,26). The van der Waals surface area contributed by atoms with E-state index in [-0.39, 0.29) is 0 Å². The average Bonchev–Trinajstić information content (AvgIpc) is 3.30. The van der Waals surface area contributed by atoms with Crippen LogP contribution in [0.25, 0.3) is 0 Å². The highest BCUT2D eigenvalue weighted by molar-refractivity contribution is 6.30. The Hall–Kier alpha value is -2.60. The van der Waals surface area contributed by atoms with Crippen molar-refractivity contribution >= 4 is 17.4 Å². The number of ether oxygens (including phenoxy) is 1. The number of anilines is 1. The number of halogens is 1. The zero-order valence-corrected chi connectivity index (χ0v) is 16.9. The average molecular weight is 398 g/mol. The molecule has 1 unspecified atom stereocenters. The van der Waals surface area contributed by atoms with E-state index in [0.29, 0.717) is 17.5 Å². The Morgan fingerprint density at radius 3 is 2.93 bits per heavy atom. The maximum absolute atomic E-state index is 5.98. The Labute approximate surface area is 169 Å². The van der Waals surface area contributed by atoms with Crippen LogP contribution in [0.5, 0.6) is 5.75 Å². The third-order valence-corrected chi connectivity index (χ3v) is 5.21. The molecule has 1 N–H and O–H groups in total. The van der Waals surface area contributed by atoms with Crippen molar-refractivity contribution in [3.05, 3.63) is 64.3 Å². The monoisotopic (exact) mass is 397 g/mol. The van der Waals surface area contributed by atoms with Crippen molar-refractivity contribution in [2.75, 3.05) is 24.6 Å². The number of hydrogen-bond acceptors (Lipinski definition) is 5. The number of nitrogens with zero attached hydrogens (tertiary/aromatic N) is 4. The summed E-state index contributed by atoms with van der Waals surface area (Å²) in [5.74, 6) is 3.03. The molecule has 3 heterocycles. The molecule has 1 aliphatic rings. The lowest BCUT2D eigenvalue weighted by Gasteiger charge is -2.17. The summed E-state index contributed by atoms with van der Waals surface area (Å²) in [7, 11) is 0. The number of nitrogens with one attached hydrogen (secondary N) is 1. The van der Waals surface area contributed by atoms with Gasteiger partial charge in [0.15, 0.2) is 0 Å². The van der Waals surface area contributed by atoms with Crippen LogP contribution in [0.4, 0.5) is 5.82 Å². The SMILES string of the molecule is Cc1cc(N2CCC(c3cc(CCOc4cccc(Cl)c4)[nH]n3)C2)nc(C)n1. The van der Waals surface area contributed by atoms with Gasteiger partial charge in [-0.2, -0.15) is 5.10 Å². The lowest BCUT2D eigenvalue weighted by molar-refractivity contribution is 0.320. The Morgan fingerprint density at radius 2 is 2.11 bits per heavy atom. The second-order valence-electron chi connectivity index (χ2n) is 7.22. The molecule has 4 rings (SSSR count). The summed E-state index contributed by atoms with van der Waals surface area (Å²) in [6.45, 7) is 6.45. The van der Waals surface area contributed by atoms with Crippen LogP contribution in [0.1, 0.15) is 35.2 Å². The Kier molecular flexibility index (Phi) is 5.48. The molecule has 7 heteroatoms. The Bertz CT molecular complexity index is 937. The predicted octanol–water partition coefficient (Wildman–Crippen LogP) is 4.09. The molecule has 6 nitrogen and oxygen atoms in total. The molecule has 3 aromatic rings. The van der Waals surface area contributed by atoms with Gasteiger partial charge in [-0.05, 0) is 44.5 Å². The van der Waals surface area contributed by atoms with E-state index in [1.165, 1.54) is 0 Å². The van der Waals surface area contributed by atoms with E-state index in [9.17, 15) is 0 Å². The minimum atomic E-state index is 0.412. The van der Waals surface area contributed by atoms with E-state index in [0.717, 1.165) is 60.4 Å². The molecule has 0 amide bonds. The van der Waals surface area contributed by atoms with E-state index >= 15 is 0 Å². The van der Waals surface area contributed by atoms with E-state index in [1.807, 2.05) is 38.1 Å². The maximum atomic E-state index is 5.98. The topological polar surface area (TPSA) is 66.9 Å². The van der Waals surface area contributed by atoms with Gasteiger partial charge in [0.2, 0.25) is 0 Å². The summed E-state index contributed by atoms with van der Waals surface area (Å²) in [5.41, 5.74) is 3.21. The second kappa shape index (κ2) is 8.19. The molecule has 1 fully saturated rings. The maximum Gasteiger partial charge on any atom is 0.132 e. The molecular weight excluding hydrogens is 374 g/mol. The quantitative estimate of drug-likeness (QED) is 0.678. The summed E-state index contributed by atoms with van der Waals surface area (Å²) in [5, 5.41) is 8.37. The van der Waals surface area contributed by atoms with Crippen LogP contribution < -0.4 is 9.64 Å². The summed E-state index contributed by atoms with van der Waals surface area (Å²) in [6, 6.07) is 11.7. The second-order valence-corrected chi connectivity index (χ2v) is 7.66. The summed E-state index contributed by atoms with van der Waals surface area (Å²) < 4.78 is 5.77. The first-order valence-corrected chi connectivity index (χ1v) is 9.94. The lowest BCUT2D eigenvalue weighted by Crippen LogP contribution is -2.21. The smallest absolute Gasteiger partial charge is 0.132 e. The highest BCUT2D eigenvalue weighted by Crippen LogP contribution is 2.29. The molecule has 28 heavy (non-hydrogen) atoms. The number of benzene rings is 1. The van der Waals surface area contributed by atoms with Crippen molar-refractivity contribution in [1.82, 2.24) is 20.2 Å². The van der Waals surface area contributed by atoms with Crippen LogP contribution in [-0.2, 0) is 6.42 Å². The van der Waals surface area contributed by atoms with Crippen LogP contribution in [0.15, 0.2) is 36.4 Å². The first-order chi connectivity index (χ1) is 13.6. The van der Waals surface area contributed by atoms with Crippen molar-refractivity contribution in [1.29, 1.82) is 0 Å². The zero-order chi connectivity index (χ0) is 19.5. The molecule has 0 saturated carbocycles. The van der Waals surface area contributed by atoms with Crippen LogP contribution in [0, 0.1) is 13.8 Å². The third kappa shape index (κ3) is 4.44. The van der Waals surface area contributed by atoms with Gasteiger partial charge < -0.3 is 9.64 Å².